The molecule has 0 fully saturated rings. The second kappa shape index (κ2) is 5.74. The molecule has 0 aromatic heterocycles. The average Bonchev–Trinajstić information content (AvgIpc) is 2.27. The summed E-state index contributed by atoms with van der Waals surface area (Å²) in [5, 5.41) is 10.8. The predicted molar refractivity (Wildman–Crippen MR) is 64.4 cm³/mol. The molecule has 0 saturated carbocycles. The van der Waals surface area contributed by atoms with Crippen molar-refractivity contribution >= 4 is 21.6 Å². The third kappa shape index (κ3) is 4.27. The lowest BCUT2D eigenvalue weighted by atomic mass is 10.1. The van der Waals surface area contributed by atoms with Gasteiger partial charge >= 0.3 is 5.97 Å². The van der Waals surface area contributed by atoms with Crippen molar-refractivity contribution < 1.29 is 23.1 Å². The molecule has 0 aliphatic carbocycles. The zero-order valence-electron chi connectivity index (χ0n) is 9.71. The molecule has 0 saturated heterocycles. The van der Waals surface area contributed by atoms with Crippen molar-refractivity contribution in [3.8, 4) is 0 Å². The number of nitrogens with one attached hydrogen (secondary N) is 1. The number of hydrogen-bond donors (Lipinski definition) is 2. The fraction of sp³-hybridized carbons (Fsp3) is 0.273. The summed E-state index contributed by atoms with van der Waals surface area (Å²) in [7, 11) is -3.28. The molecule has 0 aliphatic rings. The molecule has 7 heteroatoms. The minimum absolute atomic E-state index is 0.107. The number of carboxylic acid groups (broad SMARTS) is 1. The Hall–Kier alpha value is -1.73. The van der Waals surface area contributed by atoms with E-state index in [1.54, 1.807) is 0 Å². The molecule has 1 aromatic rings. The third-order valence-corrected chi connectivity index (χ3v) is 3.29. The Bertz CT molecular complexity index is 547. The van der Waals surface area contributed by atoms with Gasteiger partial charge in [-0.3, -0.25) is 14.9 Å². The average molecular weight is 271 g/mol. The lowest BCUT2D eigenvalue weighted by molar-refractivity contribution is -0.135. The van der Waals surface area contributed by atoms with Crippen LogP contribution in [0.1, 0.15) is 10.4 Å². The van der Waals surface area contributed by atoms with Crippen molar-refractivity contribution in [3.05, 3.63) is 29.8 Å². The number of ketones is 1. The number of aliphatic carboxylic acids is 1. The molecule has 1 rings (SSSR count). The highest BCUT2D eigenvalue weighted by Gasteiger charge is 2.10. The SMILES string of the molecule is CS(=O)(=O)c1ccc(C(=O)CNCC(=O)O)cc1. The number of sulfone groups is 1. The summed E-state index contributed by atoms with van der Waals surface area (Å²) >= 11 is 0. The Kier molecular flexibility index (Phi) is 4.57. The monoisotopic (exact) mass is 271 g/mol. The molecule has 0 unspecified atom stereocenters. The predicted octanol–water partition coefficient (Wildman–Crippen LogP) is -0.0530. The summed E-state index contributed by atoms with van der Waals surface area (Å²) in [6.07, 6.45) is 1.08. The van der Waals surface area contributed by atoms with Gasteiger partial charge in [-0.15, -0.1) is 0 Å². The smallest absolute Gasteiger partial charge is 0.317 e. The molecule has 98 valence electrons. The number of carbonyl (C=O) groups excluding carboxylic acids is 1. The van der Waals surface area contributed by atoms with Crippen molar-refractivity contribution in [2.45, 2.75) is 4.90 Å². The van der Waals surface area contributed by atoms with E-state index in [4.69, 9.17) is 5.11 Å². The van der Waals surface area contributed by atoms with Crippen LogP contribution < -0.4 is 5.32 Å². The van der Waals surface area contributed by atoms with E-state index in [2.05, 4.69) is 5.32 Å². The van der Waals surface area contributed by atoms with E-state index in [1.807, 2.05) is 0 Å². The zero-order valence-corrected chi connectivity index (χ0v) is 10.5. The van der Waals surface area contributed by atoms with E-state index in [1.165, 1.54) is 24.3 Å². The van der Waals surface area contributed by atoms with Crippen LogP contribution in [-0.2, 0) is 14.6 Å². The van der Waals surface area contributed by atoms with Gasteiger partial charge in [0.2, 0.25) is 0 Å². The van der Waals surface area contributed by atoms with E-state index < -0.39 is 15.8 Å². The van der Waals surface area contributed by atoms with Gasteiger partial charge in [-0.1, -0.05) is 12.1 Å². The first-order chi connectivity index (χ1) is 8.30. The summed E-state index contributed by atoms with van der Waals surface area (Å²) in [6.45, 7) is -0.405. The van der Waals surface area contributed by atoms with E-state index in [0.29, 0.717) is 5.56 Å². The fourth-order valence-electron chi connectivity index (χ4n) is 1.27. The molecule has 2 N–H and O–H groups in total. The number of carbonyl (C=O) groups is 2. The van der Waals surface area contributed by atoms with Crippen LogP contribution in [0.3, 0.4) is 0 Å². The maximum Gasteiger partial charge on any atom is 0.317 e. The highest BCUT2D eigenvalue weighted by molar-refractivity contribution is 7.90. The van der Waals surface area contributed by atoms with Gasteiger partial charge in [0.05, 0.1) is 18.0 Å². The molecule has 0 spiro atoms. The quantitative estimate of drug-likeness (QED) is 0.703. The van der Waals surface area contributed by atoms with E-state index >= 15 is 0 Å². The van der Waals surface area contributed by atoms with Gasteiger partial charge < -0.3 is 5.11 Å². The largest absolute Gasteiger partial charge is 0.480 e. The van der Waals surface area contributed by atoms with E-state index in [-0.39, 0.29) is 23.8 Å². The second-order valence-corrected chi connectivity index (χ2v) is 5.73. The van der Waals surface area contributed by atoms with Crippen molar-refractivity contribution in [3.63, 3.8) is 0 Å². The molecule has 0 heterocycles. The molecule has 0 radical (unpaired) electrons. The summed E-state index contributed by atoms with van der Waals surface area (Å²) in [5.74, 6) is -1.34. The summed E-state index contributed by atoms with van der Waals surface area (Å²) < 4.78 is 22.4. The fourth-order valence-corrected chi connectivity index (χ4v) is 1.90. The van der Waals surface area contributed by atoms with Crippen molar-refractivity contribution in [1.82, 2.24) is 5.32 Å². The summed E-state index contributed by atoms with van der Waals surface area (Å²) in [4.78, 5) is 22.0. The number of rotatable bonds is 6. The van der Waals surface area contributed by atoms with Gasteiger partial charge in [0.1, 0.15) is 0 Å². The third-order valence-electron chi connectivity index (χ3n) is 2.17. The minimum Gasteiger partial charge on any atom is -0.480 e. The normalized spacial score (nSPS) is 11.2. The molecule has 0 bridgehead atoms. The lowest BCUT2D eigenvalue weighted by Gasteiger charge is -2.03. The molecule has 18 heavy (non-hydrogen) atoms. The van der Waals surface area contributed by atoms with Crippen LogP contribution in [0.15, 0.2) is 29.2 Å². The molecular weight excluding hydrogens is 258 g/mol. The molecule has 0 amide bonds. The highest BCUT2D eigenvalue weighted by Crippen LogP contribution is 2.10. The van der Waals surface area contributed by atoms with E-state index in [0.717, 1.165) is 6.26 Å². The lowest BCUT2D eigenvalue weighted by Crippen LogP contribution is -2.28. The maximum atomic E-state index is 11.6. The number of benzene rings is 1. The molecule has 6 nitrogen and oxygen atoms in total. The van der Waals surface area contributed by atoms with Crippen LogP contribution in [0.5, 0.6) is 0 Å². The van der Waals surface area contributed by atoms with Crippen LogP contribution in [0.4, 0.5) is 0 Å². The van der Waals surface area contributed by atoms with Gasteiger partial charge in [0, 0.05) is 11.8 Å². The molecule has 0 atom stereocenters. The first-order valence-electron chi connectivity index (χ1n) is 5.06. The van der Waals surface area contributed by atoms with Crippen molar-refractivity contribution in [1.29, 1.82) is 0 Å². The van der Waals surface area contributed by atoms with Crippen LogP contribution >= 0.6 is 0 Å². The van der Waals surface area contributed by atoms with Gasteiger partial charge in [-0.25, -0.2) is 8.42 Å². The van der Waals surface area contributed by atoms with Crippen molar-refractivity contribution in [2.24, 2.45) is 0 Å². The first kappa shape index (κ1) is 14.3. The Balaban J connectivity index is 2.68. The summed E-state index contributed by atoms with van der Waals surface area (Å²) in [5.41, 5.74) is 0.334. The standard InChI is InChI=1S/C11H13NO5S/c1-18(16,17)9-4-2-8(3-5-9)10(13)6-12-7-11(14)15/h2-5,12H,6-7H2,1H3,(H,14,15). The number of carboxylic acids is 1. The van der Waals surface area contributed by atoms with Crippen LogP contribution in [-0.4, -0.2) is 44.6 Å². The topological polar surface area (TPSA) is 101 Å². The molecule has 0 aliphatic heterocycles. The van der Waals surface area contributed by atoms with Crippen molar-refractivity contribution in [2.75, 3.05) is 19.3 Å². The zero-order chi connectivity index (χ0) is 13.8. The van der Waals surface area contributed by atoms with Gasteiger partial charge in [-0.05, 0) is 12.1 Å². The Morgan fingerprint density at radius 3 is 2.17 bits per heavy atom. The Morgan fingerprint density at radius 2 is 1.72 bits per heavy atom. The highest BCUT2D eigenvalue weighted by atomic mass is 32.2. The maximum absolute atomic E-state index is 11.6. The van der Waals surface area contributed by atoms with Gasteiger partial charge in [0.15, 0.2) is 15.6 Å². The Morgan fingerprint density at radius 1 is 1.17 bits per heavy atom. The first-order valence-corrected chi connectivity index (χ1v) is 6.95. The Labute approximate surface area is 105 Å². The van der Waals surface area contributed by atoms with Crippen LogP contribution in [0.25, 0.3) is 0 Å². The van der Waals surface area contributed by atoms with Crippen LogP contribution in [0, 0.1) is 0 Å². The van der Waals surface area contributed by atoms with Crippen LogP contribution in [0.2, 0.25) is 0 Å². The number of hydrogen-bond acceptors (Lipinski definition) is 5. The summed E-state index contributed by atoms with van der Waals surface area (Å²) in [6, 6.07) is 5.50. The number of Topliss-reactive ketones (excluding diaryl/α,β-unsaturated/α-hetero) is 1. The minimum atomic E-state index is -3.28. The molecule has 1 aromatic carbocycles. The van der Waals surface area contributed by atoms with Gasteiger partial charge in [-0.2, -0.15) is 0 Å². The molecular formula is C11H13NO5S. The van der Waals surface area contributed by atoms with E-state index in [9.17, 15) is 18.0 Å². The van der Waals surface area contributed by atoms with Gasteiger partial charge in [0.25, 0.3) is 0 Å². The second-order valence-electron chi connectivity index (χ2n) is 3.72.